The van der Waals surface area contributed by atoms with Crippen LogP contribution in [0, 0.1) is 5.92 Å². The average molecular weight is 380 g/mol. The first-order valence-corrected chi connectivity index (χ1v) is 9.43. The highest BCUT2D eigenvalue weighted by Gasteiger charge is 2.38. The van der Waals surface area contributed by atoms with Gasteiger partial charge in [-0.25, -0.2) is 13.1 Å². The molecule has 0 aromatic carbocycles. The molecule has 2 unspecified atom stereocenters. The number of hydrogen-bond acceptors (Lipinski definition) is 5. The summed E-state index contributed by atoms with van der Waals surface area (Å²) in [5.41, 5.74) is 5.85. The minimum absolute atomic E-state index is 0.0412. The van der Waals surface area contributed by atoms with Crippen LogP contribution in [-0.4, -0.2) is 46.8 Å². The summed E-state index contributed by atoms with van der Waals surface area (Å²) in [7, 11) is -2.06. The van der Waals surface area contributed by atoms with Crippen molar-refractivity contribution in [2.45, 2.75) is 43.7 Å². The molecule has 1 fully saturated rings. The highest BCUT2D eigenvalue weighted by atomic mass is 79.9. The molecule has 0 bridgehead atoms. The molecule has 2 rings (SSSR count). The van der Waals surface area contributed by atoms with Crippen LogP contribution >= 0.6 is 15.9 Å². The standard InChI is InChI=1S/C12H22BrN5O2S/c1-3-18(10-7-5-4-6-9(10)8-14)21(19,20)12-11(13)15-16-17(12)2/h9-10H,3-8,14H2,1-2H3. The van der Waals surface area contributed by atoms with Crippen LogP contribution in [0.1, 0.15) is 32.6 Å². The molecule has 120 valence electrons. The molecule has 1 heterocycles. The van der Waals surface area contributed by atoms with Crippen molar-refractivity contribution in [2.75, 3.05) is 13.1 Å². The topological polar surface area (TPSA) is 94.1 Å². The minimum Gasteiger partial charge on any atom is -0.330 e. The van der Waals surface area contributed by atoms with E-state index in [0.29, 0.717) is 13.1 Å². The molecule has 1 aliphatic carbocycles. The van der Waals surface area contributed by atoms with Gasteiger partial charge in [-0.15, -0.1) is 5.10 Å². The maximum absolute atomic E-state index is 13.0. The highest BCUT2D eigenvalue weighted by molar-refractivity contribution is 9.10. The monoisotopic (exact) mass is 379 g/mol. The van der Waals surface area contributed by atoms with Crippen LogP contribution in [0.25, 0.3) is 0 Å². The third-order valence-electron chi connectivity index (χ3n) is 4.14. The summed E-state index contributed by atoms with van der Waals surface area (Å²) in [6.45, 7) is 2.79. The maximum Gasteiger partial charge on any atom is 0.263 e. The highest BCUT2D eigenvalue weighted by Crippen LogP contribution is 2.32. The van der Waals surface area contributed by atoms with Gasteiger partial charge < -0.3 is 5.73 Å². The molecule has 2 atom stereocenters. The molecule has 2 N–H and O–H groups in total. The molecule has 21 heavy (non-hydrogen) atoms. The Morgan fingerprint density at radius 2 is 2.10 bits per heavy atom. The van der Waals surface area contributed by atoms with Crippen molar-refractivity contribution in [2.24, 2.45) is 18.7 Å². The lowest BCUT2D eigenvalue weighted by molar-refractivity contribution is 0.186. The summed E-state index contributed by atoms with van der Waals surface area (Å²) in [5.74, 6) is 0.216. The van der Waals surface area contributed by atoms with Gasteiger partial charge in [-0.05, 0) is 41.2 Å². The molecular formula is C12H22BrN5O2S. The Bertz CT molecular complexity index is 569. The van der Waals surface area contributed by atoms with Crippen LogP contribution in [0.2, 0.25) is 0 Å². The van der Waals surface area contributed by atoms with Crippen molar-refractivity contribution in [1.29, 1.82) is 0 Å². The summed E-state index contributed by atoms with van der Waals surface area (Å²) < 4.78 is 29.1. The quantitative estimate of drug-likeness (QED) is 0.826. The molecule has 1 aromatic heterocycles. The Morgan fingerprint density at radius 3 is 2.62 bits per heavy atom. The van der Waals surface area contributed by atoms with Crippen LogP contribution in [0.5, 0.6) is 0 Å². The van der Waals surface area contributed by atoms with E-state index < -0.39 is 10.0 Å². The predicted octanol–water partition coefficient (Wildman–Crippen LogP) is 1.11. The Balaban J connectivity index is 2.40. The summed E-state index contributed by atoms with van der Waals surface area (Å²) in [6, 6.07) is -0.0412. The summed E-state index contributed by atoms with van der Waals surface area (Å²) >= 11 is 3.18. The van der Waals surface area contributed by atoms with Gasteiger partial charge in [0.15, 0.2) is 4.60 Å². The van der Waals surface area contributed by atoms with Crippen LogP contribution in [0.3, 0.4) is 0 Å². The lowest BCUT2D eigenvalue weighted by atomic mass is 9.84. The van der Waals surface area contributed by atoms with Crippen molar-refractivity contribution in [1.82, 2.24) is 19.3 Å². The number of hydrogen-bond donors (Lipinski definition) is 1. The van der Waals surface area contributed by atoms with Crippen molar-refractivity contribution >= 4 is 26.0 Å². The van der Waals surface area contributed by atoms with Crippen molar-refractivity contribution in [3.63, 3.8) is 0 Å². The number of aryl methyl sites for hydroxylation is 1. The van der Waals surface area contributed by atoms with E-state index >= 15 is 0 Å². The molecule has 0 spiro atoms. The van der Waals surface area contributed by atoms with E-state index in [4.69, 9.17) is 5.73 Å². The van der Waals surface area contributed by atoms with Crippen molar-refractivity contribution < 1.29 is 8.42 Å². The first kappa shape index (κ1) is 16.9. The number of rotatable bonds is 5. The lowest BCUT2D eigenvalue weighted by Gasteiger charge is -2.38. The zero-order valence-electron chi connectivity index (χ0n) is 12.4. The van der Waals surface area contributed by atoms with E-state index in [1.54, 1.807) is 11.4 Å². The minimum atomic E-state index is -3.64. The maximum atomic E-state index is 13.0. The summed E-state index contributed by atoms with van der Waals surface area (Å²) in [4.78, 5) is 0. The SMILES string of the molecule is CCN(C1CCCCC1CN)S(=O)(=O)c1c(Br)nnn1C. The largest absolute Gasteiger partial charge is 0.330 e. The van der Waals surface area contributed by atoms with E-state index in [1.165, 1.54) is 4.68 Å². The molecule has 9 heteroatoms. The summed E-state index contributed by atoms with van der Waals surface area (Å²) in [6.07, 6.45) is 4.00. The second kappa shape index (κ2) is 6.72. The first-order chi connectivity index (χ1) is 9.93. The van der Waals surface area contributed by atoms with Crippen LogP contribution in [0.4, 0.5) is 0 Å². The van der Waals surface area contributed by atoms with Gasteiger partial charge >= 0.3 is 0 Å². The van der Waals surface area contributed by atoms with Crippen LogP contribution in [0.15, 0.2) is 9.63 Å². The Labute approximate surface area is 134 Å². The first-order valence-electron chi connectivity index (χ1n) is 7.20. The van der Waals surface area contributed by atoms with E-state index in [1.807, 2.05) is 6.92 Å². The number of nitrogens with zero attached hydrogens (tertiary/aromatic N) is 4. The third-order valence-corrected chi connectivity index (χ3v) is 7.03. The van der Waals surface area contributed by atoms with Crippen LogP contribution in [-0.2, 0) is 17.1 Å². The van der Waals surface area contributed by atoms with Gasteiger partial charge in [0.1, 0.15) is 0 Å². The zero-order valence-corrected chi connectivity index (χ0v) is 14.8. The molecule has 0 aliphatic heterocycles. The number of sulfonamides is 1. The molecule has 1 aliphatic rings. The fraction of sp³-hybridized carbons (Fsp3) is 0.833. The molecule has 0 radical (unpaired) electrons. The van der Waals surface area contributed by atoms with Gasteiger partial charge in [0.05, 0.1) is 0 Å². The second-order valence-electron chi connectivity index (χ2n) is 5.36. The van der Waals surface area contributed by atoms with Crippen molar-refractivity contribution in [3.05, 3.63) is 4.60 Å². The van der Waals surface area contributed by atoms with E-state index in [2.05, 4.69) is 26.2 Å². The Morgan fingerprint density at radius 1 is 1.43 bits per heavy atom. The smallest absolute Gasteiger partial charge is 0.263 e. The molecule has 0 saturated heterocycles. The molecule has 0 amide bonds. The van der Waals surface area contributed by atoms with Gasteiger partial charge in [-0.2, -0.15) is 4.31 Å². The zero-order chi connectivity index (χ0) is 15.6. The fourth-order valence-electron chi connectivity index (χ4n) is 3.13. The predicted molar refractivity (Wildman–Crippen MR) is 83.1 cm³/mol. The average Bonchev–Trinajstić information content (AvgIpc) is 2.79. The van der Waals surface area contributed by atoms with Gasteiger partial charge in [0.25, 0.3) is 10.0 Å². The fourth-order valence-corrected chi connectivity index (χ4v) is 5.89. The molecule has 7 nitrogen and oxygen atoms in total. The van der Waals surface area contributed by atoms with Gasteiger partial charge in [0, 0.05) is 19.6 Å². The number of aromatic nitrogens is 3. The molecular weight excluding hydrogens is 358 g/mol. The van der Waals surface area contributed by atoms with Crippen LogP contribution < -0.4 is 5.73 Å². The molecule has 1 aromatic rings. The van der Waals surface area contributed by atoms with E-state index in [-0.39, 0.29) is 21.6 Å². The van der Waals surface area contributed by atoms with Gasteiger partial charge in [-0.1, -0.05) is 25.0 Å². The van der Waals surface area contributed by atoms with Crippen molar-refractivity contribution in [3.8, 4) is 0 Å². The van der Waals surface area contributed by atoms with E-state index in [9.17, 15) is 8.42 Å². The number of halogens is 1. The Kier molecular flexibility index (Phi) is 5.39. The Hall–Kier alpha value is -0.510. The van der Waals surface area contributed by atoms with Gasteiger partial charge in [-0.3, -0.25) is 0 Å². The molecule has 1 saturated carbocycles. The number of nitrogens with two attached hydrogens (primary N) is 1. The van der Waals surface area contributed by atoms with Gasteiger partial charge in [0.2, 0.25) is 5.03 Å². The second-order valence-corrected chi connectivity index (χ2v) is 7.92. The normalized spacial score (nSPS) is 23.7. The summed E-state index contributed by atoms with van der Waals surface area (Å²) in [5, 5.41) is 7.66. The van der Waals surface area contributed by atoms with E-state index in [0.717, 1.165) is 25.7 Å². The lowest BCUT2D eigenvalue weighted by Crippen LogP contribution is -2.48. The third kappa shape index (κ3) is 3.15.